The third-order valence-electron chi connectivity index (χ3n) is 2.39. The van der Waals surface area contributed by atoms with E-state index in [0.29, 0.717) is 19.6 Å². The average molecular weight is 259 g/mol. The molecule has 18 heavy (non-hydrogen) atoms. The number of nitrogens with one attached hydrogen (secondary N) is 1. The average Bonchev–Trinajstić information content (AvgIpc) is 2.95. The molecule has 2 aromatic heterocycles. The Kier molecular flexibility index (Phi) is 3.71. The van der Waals surface area contributed by atoms with Crippen molar-refractivity contribution in [1.29, 1.82) is 0 Å². The molecule has 2 heterocycles. The summed E-state index contributed by atoms with van der Waals surface area (Å²) in [4.78, 5) is 0. The lowest BCUT2D eigenvalue weighted by atomic mass is 10.3. The van der Waals surface area contributed by atoms with Crippen molar-refractivity contribution < 1.29 is 17.6 Å². The third-order valence-corrected chi connectivity index (χ3v) is 2.39. The first-order valence-electron chi connectivity index (χ1n) is 5.37. The number of hydrogen-bond donors (Lipinski definition) is 1. The van der Waals surface area contributed by atoms with Crippen LogP contribution in [-0.2, 0) is 19.3 Å². The van der Waals surface area contributed by atoms with Crippen LogP contribution in [0.25, 0.3) is 0 Å². The molecule has 0 unspecified atom stereocenters. The lowest BCUT2D eigenvalue weighted by Gasteiger charge is -2.04. The molecule has 0 saturated carbocycles. The Hall–Kier alpha value is -1.76. The van der Waals surface area contributed by atoms with Crippen molar-refractivity contribution in [2.75, 3.05) is 6.54 Å². The largest absolute Gasteiger partial charge is 0.472 e. The highest BCUT2D eigenvalue weighted by atomic mass is 19.4. The number of aromatic nitrogens is 2. The van der Waals surface area contributed by atoms with Crippen molar-refractivity contribution in [2.45, 2.75) is 19.3 Å². The van der Waals surface area contributed by atoms with Crippen molar-refractivity contribution in [1.82, 2.24) is 15.1 Å². The molecule has 1 N–H and O–H groups in total. The Morgan fingerprint density at radius 3 is 2.83 bits per heavy atom. The molecule has 2 aromatic rings. The van der Waals surface area contributed by atoms with Crippen molar-refractivity contribution in [2.24, 2.45) is 0 Å². The van der Waals surface area contributed by atoms with Crippen LogP contribution >= 0.6 is 0 Å². The summed E-state index contributed by atoms with van der Waals surface area (Å²) in [7, 11) is 0. The first kappa shape index (κ1) is 12.7. The molecule has 0 spiro atoms. The van der Waals surface area contributed by atoms with Crippen LogP contribution in [0.5, 0.6) is 0 Å². The molecule has 0 bridgehead atoms. The maximum atomic E-state index is 12.3. The summed E-state index contributed by atoms with van der Waals surface area (Å²) in [5, 5.41) is 6.74. The summed E-state index contributed by atoms with van der Waals surface area (Å²) in [5.41, 5.74) is 0.267. The van der Waals surface area contributed by atoms with Gasteiger partial charge in [-0.2, -0.15) is 18.3 Å². The molecule has 0 aliphatic heterocycles. The van der Waals surface area contributed by atoms with Gasteiger partial charge in [-0.25, -0.2) is 0 Å². The van der Waals surface area contributed by atoms with Gasteiger partial charge in [-0.1, -0.05) is 0 Å². The lowest BCUT2D eigenvalue weighted by Crippen LogP contribution is -2.19. The fourth-order valence-corrected chi connectivity index (χ4v) is 1.45. The van der Waals surface area contributed by atoms with E-state index in [2.05, 4.69) is 10.4 Å². The van der Waals surface area contributed by atoms with Gasteiger partial charge in [-0.3, -0.25) is 4.68 Å². The highest BCUT2D eigenvalue weighted by molar-refractivity contribution is 5.08. The van der Waals surface area contributed by atoms with E-state index >= 15 is 0 Å². The Morgan fingerprint density at radius 1 is 1.39 bits per heavy atom. The zero-order valence-corrected chi connectivity index (χ0v) is 9.44. The van der Waals surface area contributed by atoms with E-state index in [0.717, 1.165) is 18.0 Å². The van der Waals surface area contributed by atoms with Gasteiger partial charge in [-0.15, -0.1) is 0 Å². The number of alkyl halides is 3. The maximum absolute atomic E-state index is 12.3. The Balaban J connectivity index is 1.75. The minimum atomic E-state index is -4.33. The molecule has 98 valence electrons. The minimum Gasteiger partial charge on any atom is -0.472 e. The van der Waals surface area contributed by atoms with Gasteiger partial charge in [0, 0.05) is 24.8 Å². The standard InChI is InChI=1S/C11H12F3N3O/c12-11(13,14)10-6-16-17(7-10)3-2-15-5-9-1-4-18-8-9/h1,4,6-8,15H,2-3,5H2. The van der Waals surface area contributed by atoms with Crippen molar-refractivity contribution in [3.63, 3.8) is 0 Å². The van der Waals surface area contributed by atoms with Gasteiger partial charge in [0.25, 0.3) is 0 Å². The van der Waals surface area contributed by atoms with E-state index in [1.165, 1.54) is 4.68 Å². The van der Waals surface area contributed by atoms with E-state index in [-0.39, 0.29) is 0 Å². The second kappa shape index (κ2) is 5.26. The van der Waals surface area contributed by atoms with Gasteiger partial charge in [-0.05, 0) is 6.07 Å². The first-order valence-corrected chi connectivity index (χ1v) is 5.37. The third kappa shape index (κ3) is 3.36. The summed E-state index contributed by atoms with van der Waals surface area (Å²) < 4.78 is 43.0. The second-order valence-corrected chi connectivity index (χ2v) is 3.80. The van der Waals surface area contributed by atoms with Gasteiger partial charge in [0.15, 0.2) is 0 Å². The predicted octanol–water partition coefficient (Wildman–Crippen LogP) is 2.28. The Morgan fingerprint density at radius 2 is 2.22 bits per heavy atom. The van der Waals surface area contributed by atoms with Crippen LogP contribution in [0.1, 0.15) is 11.1 Å². The normalized spacial score (nSPS) is 11.9. The highest BCUT2D eigenvalue weighted by Crippen LogP contribution is 2.28. The molecule has 0 radical (unpaired) electrons. The smallest absolute Gasteiger partial charge is 0.419 e. The Labute approximate surface area is 101 Å². The van der Waals surface area contributed by atoms with Crippen LogP contribution in [0.15, 0.2) is 35.4 Å². The van der Waals surface area contributed by atoms with E-state index in [1.54, 1.807) is 12.5 Å². The van der Waals surface area contributed by atoms with Gasteiger partial charge in [0.05, 0.1) is 30.8 Å². The van der Waals surface area contributed by atoms with Crippen molar-refractivity contribution in [3.8, 4) is 0 Å². The number of nitrogens with zero attached hydrogens (tertiary/aromatic N) is 2. The van der Waals surface area contributed by atoms with Gasteiger partial charge in [0.1, 0.15) is 0 Å². The topological polar surface area (TPSA) is 43.0 Å². The van der Waals surface area contributed by atoms with Gasteiger partial charge >= 0.3 is 6.18 Å². The zero-order chi connectivity index (χ0) is 13.0. The first-order chi connectivity index (χ1) is 8.55. The van der Waals surface area contributed by atoms with Crippen LogP contribution in [0.2, 0.25) is 0 Å². The lowest BCUT2D eigenvalue weighted by molar-refractivity contribution is -0.137. The van der Waals surface area contributed by atoms with Crippen molar-refractivity contribution >= 4 is 0 Å². The fourth-order valence-electron chi connectivity index (χ4n) is 1.45. The number of hydrogen-bond acceptors (Lipinski definition) is 3. The molecule has 0 aliphatic carbocycles. The molecule has 0 aromatic carbocycles. The fraction of sp³-hybridized carbons (Fsp3) is 0.364. The van der Waals surface area contributed by atoms with Crippen LogP contribution in [0.4, 0.5) is 13.2 Å². The van der Waals surface area contributed by atoms with Crippen LogP contribution in [0, 0.1) is 0 Å². The molecular formula is C11H12F3N3O. The molecule has 0 atom stereocenters. The summed E-state index contributed by atoms with van der Waals surface area (Å²) in [6.45, 7) is 1.53. The van der Waals surface area contributed by atoms with Gasteiger partial charge in [0.2, 0.25) is 0 Å². The zero-order valence-electron chi connectivity index (χ0n) is 9.44. The summed E-state index contributed by atoms with van der Waals surface area (Å²) >= 11 is 0. The highest BCUT2D eigenvalue weighted by Gasteiger charge is 2.31. The molecule has 0 aliphatic rings. The summed E-state index contributed by atoms with van der Waals surface area (Å²) in [6, 6.07) is 1.82. The number of rotatable bonds is 5. The van der Waals surface area contributed by atoms with Crippen LogP contribution in [-0.4, -0.2) is 16.3 Å². The quantitative estimate of drug-likeness (QED) is 0.838. The molecule has 0 amide bonds. The Bertz CT molecular complexity index is 476. The minimum absolute atomic E-state index is 0.383. The van der Waals surface area contributed by atoms with E-state index < -0.39 is 11.7 Å². The van der Waals surface area contributed by atoms with E-state index in [9.17, 15) is 13.2 Å². The number of furan rings is 1. The monoisotopic (exact) mass is 259 g/mol. The maximum Gasteiger partial charge on any atom is 0.419 e. The molecule has 4 nitrogen and oxygen atoms in total. The summed E-state index contributed by atoms with van der Waals surface area (Å²) in [5.74, 6) is 0. The van der Waals surface area contributed by atoms with Crippen LogP contribution in [0.3, 0.4) is 0 Å². The van der Waals surface area contributed by atoms with E-state index in [1.807, 2.05) is 6.07 Å². The van der Waals surface area contributed by atoms with E-state index in [4.69, 9.17) is 4.42 Å². The number of halogens is 3. The molecule has 0 saturated heterocycles. The van der Waals surface area contributed by atoms with Crippen LogP contribution < -0.4 is 5.32 Å². The molecule has 2 rings (SSSR count). The second-order valence-electron chi connectivity index (χ2n) is 3.80. The SMILES string of the molecule is FC(F)(F)c1cnn(CCNCc2ccoc2)c1. The van der Waals surface area contributed by atoms with Crippen molar-refractivity contribution in [3.05, 3.63) is 42.1 Å². The predicted molar refractivity (Wildman–Crippen MR) is 57.6 cm³/mol. The molecular weight excluding hydrogens is 247 g/mol. The van der Waals surface area contributed by atoms with Gasteiger partial charge < -0.3 is 9.73 Å². The summed E-state index contributed by atoms with van der Waals surface area (Å²) in [6.07, 6.45) is 0.681. The molecule has 7 heteroatoms. The molecule has 0 fully saturated rings.